The van der Waals surface area contributed by atoms with E-state index in [0.717, 1.165) is 0 Å². The maximum absolute atomic E-state index is 6.16. The highest BCUT2D eigenvalue weighted by molar-refractivity contribution is 7.99. The molecule has 0 amide bonds. The largest absolute Gasteiger partial charge is 0.327 e. The van der Waals surface area contributed by atoms with Gasteiger partial charge in [0.25, 0.3) is 0 Å². The first-order valence-electron chi connectivity index (χ1n) is 6.62. The van der Waals surface area contributed by atoms with Gasteiger partial charge in [0, 0.05) is 16.2 Å². The minimum Gasteiger partial charge on any atom is -0.327 e. The third kappa shape index (κ3) is 3.62. The quantitative estimate of drug-likeness (QED) is 0.829. The Labute approximate surface area is 120 Å². The predicted octanol–water partition coefficient (Wildman–Crippen LogP) is 4.48. The molecule has 0 aliphatic heterocycles. The smallest absolute Gasteiger partial charge is 0.0492 e. The van der Waals surface area contributed by atoms with Gasteiger partial charge in [0.05, 0.1) is 0 Å². The molecular formula is C17H21NS. The molecule has 0 radical (unpaired) electrons. The Hall–Kier alpha value is -1.25. The lowest BCUT2D eigenvalue weighted by atomic mass is 10.1. The zero-order chi connectivity index (χ0) is 13.8. The van der Waals surface area contributed by atoms with Crippen LogP contribution in [0.5, 0.6) is 0 Å². The SMILES string of the molecule is Cc1ccc(SC(c2ccccc2)C(C)N)cc1C. The summed E-state index contributed by atoms with van der Waals surface area (Å²) in [7, 11) is 0. The molecular weight excluding hydrogens is 250 g/mol. The van der Waals surface area contributed by atoms with E-state index in [2.05, 4.69) is 63.2 Å². The van der Waals surface area contributed by atoms with E-state index in [1.165, 1.54) is 21.6 Å². The minimum absolute atomic E-state index is 0.119. The van der Waals surface area contributed by atoms with Gasteiger partial charge in [0.1, 0.15) is 0 Å². The van der Waals surface area contributed by atoms with Crippen LogP contribution in [-0.4, -0.2) is 6.04 Å². The van der Waals surface area contributed by atoms with Crippen LogP contribution in [0.2, 0.25) is 0 Å². The van der Waals surface area contributed by atoms with Gasteiger partial charge in [0.2, 0.25) is 0 Å². The van der Waals surface area contributed by atoms with E-state index in [-0.39, 0.29) is 6.04 Å². The van der Waals surface area contributed by atoms with Gasteiger partial charge >= 0.3 is 0 Å². The number of benzene rings is 2. The highest BCUT2D eigenvalue weighted by atomic mass is 32.2. The van der Waals surface area contributed by atoms with Crippen molar-refractivity contribution in [2.24, 2.45) is 5.73 Å². The van der Waals surface area contributed by atoms with Crippen LogP contribution in [0.3, 0.4) is 0 Å². The van der Waals surface area contributed by atoms with Crippen molar-refractivity contribution in [3.8, 4) is 0 Å². The number of thioether (sulfide) groups is 1. The lowest BCUT2D eigenvalue weighted by Crippen LogP contribution is -2.22. The Balaban J connectivity index is 2.24. The minimum atomic E-state index is 0.119. The lowest BCUT2D eigenvalue weighted by Gasteiger charge is -2.21. The summed E-state index contributed by atoms with van der Waals surface area (Å²) in [6.07, 6.45) is 0. The molecule has 100 valence electrons. The summed E-state index contributed by atoms with van der Waals surface area (Å²) in [5.41, 5.74) is 10.1. The van der Waals surface area contributed by atoms with Crippen LogP contribution in [0, 0.1) is 13.8 Å². The van der Waals surface area contributed by atoms with E-state index in [0.29, 0.717) is 5.25 Å². The van der Waals surface area contributed by atoms with Crippen molar-refractivity contribution in [2.45, 2.75) is 37.0 Å². The topological polar surface area (TPSA) is 26.0 Å². The van der Waals surface area contributed by atoms with Crippen molar-refractivity contribution in [1.29, 1.82) is 0 Å². The zero-order valence-corrected chi connectivity index (χ0v) is 12.6. The molecule has 2 aromatic rings. The summed E-state index contributed by atoms with van der Waals surface area (Å²) in [5, 5.41) is 0.295. The summed E-state index contributed by atoms with van der Waals surface area (Å²) >= 11 is 1.85. The molecule has 0 bridgehead atoms. The van der Waals surface area contributed by atoms with E-state index >= 15 is 0 Å². The molecule has 0 aromatic heterocycles. The van der Waals surface area contributed by atoms with Crippen LogP contribution in [-0.2, 0) is 0 Å². The molecule has 2 N–H and O–H groups in total. The molecule has 2 aromatic carbocycles. The third-order valence-corrected chi connectivity index (χ3v) is 4.83. The number of rotatable bonds is 4. The van der Waals surface area contributed by atoms with E-state index in [1.54, 1.807) is 0 Å². The Morgan fingerprint density at radius 2 is 1.63 bits per heavy atom. The Bertz CT molecular complexity index is 534. The number of hydrogen-bond donors (Lipinski definition) is 1. The van der Waals surface area contributed by atoms with Gasteiger partial charge in [-0.2, -0.15) is 0 Å². The second kappa shape index (κ2) is 6.27. The van der Waals surface area contributed by atoms with Crippen molar-refractivity contribution in [3.05, 3.63) is 65.2 Å². The summed E-state index contributed by atoms with van der Waals surface area (Å²) in [6, 6.07) is 17.2. The van der Waals surface area contributed by atoms with Crippen LogP contribution >= 0.6 is 11.8 Å². The van der Waals surface area contributed by atoms with Crippen molar-refractivity contribution in [2.75, 3.05) is 0 Å². The fourth-order valence-electron chi connectivity index (χ4n) is 2.06. The van der Waals surface area contributed by atoms with Crippen LogP contribution < -0.4 is 5.73 Å². The van der Waals surface area contributed by atoms with E-state index < -0.39 is 0 Å². The average Bonchev–Trinajstić information content (AvgIpc) is 2.40. The molecule has 0 saturated carbocycles. The zero-order valence-electron chi connectivity index (χ0n) is 11.8. The van der Waals surface area contributed by atoms with Gasteiger partial charge in [-0.15, -0.1) is 11.8 Å². The highest BCUT2D eigenvalue weighted by Crippen LogP contribution is 2.37. The second-order valence-corrected chi connectivity index (χ2v) is 6.27. The van der Waals surface area contributed by atoms with Gasteiger partial charge in [-0.1, -0.05) is 36.4 Å². The van der Waals surface area contributed by atoms with Crippen molar-refractivity contribution in [3.63, 3.8) is 0 Å². The Morgan fingerprint density at radius 3 is 2.21 bits per heavy atom. The van der Waals surface area contributed by atoms with Crippen LogP contribution in [0.4, 0.5) is 0 Å². The maximum atomic E-state index is 6.16. The molecule has 0 spiro atoms. The first kappa shape index (κ1) is 14.2. The monoisotopic (exact) mass is 271 g/mol. The van der Waals surface area contributed by atoms with Gasteiger partial charge < -0.3 is 5.73 Å². The van der Waals surface area contributed by atoms with Gasteiger partial charge in [-0.3, -0.25) is 0 Å². The van der Waals surface area contributed by atoms with Gasteiger partial charge in [-0.25, -0.2) is 0 Å². The number of aryl methyl sites for hydroxylation is 2. The van der Waals surface area contributed by atoms with Crippen molar-refractivity contribution >= 4 is 11.8 Å². The molecule has 0 saturated heterocycles. The average molecular weight is 271 g/mol. The van der Waals surface area contributed by atoms with Crippen molar-refractivity contribution < 1.29 is 0 Å². The molecule has 2 heteroatoms. The highest BCUT2D eigenvalue weighted by Gasteiger charge is 2.17. The first-order valence-corrected chi connectivity index (χ1v) is 7.50. The van der Waals surface area contributed by atoms with Crippen LogP contribution in [0.25, 0.3) is 0 Å². The molecule has 2 atom stereocenters. The third-order valence-electron chi connectivity index (χ3n) is 3.35. The van der Waals surface area contributed by atoms with Gasteiger partial charge in [0.15, 0.2) is 0 Å². The molecule has 0 aliphatic rings. The first-order chi connectivity index (χ1) is 9.08. The predicted molar refractivity (Wildman–Crippen MR) is 84.6 cm³/mol. The molecule has 2 rings (SSSR count). The van der Waals surface area contributed by atoms with Gasteiger partial charge in [-0.05, 0) is 49.6 Å². The van der Waals surface area contributed by atoms with E-state index in [9.17, 15) is 0 Å². The van der Waals surface area contributed by atoms with Crippen LogP contribution in [0.15, 0.2) is 53.4 Å². The molecule has 1 nitrogen and oxygen atoms in total. The number of hydrogen-bond acceptors (Lipinski definition) is 2. The second-order valence-electron chi connectivity index (χ2n) is 5.05. The Morgan fingerprint density at radius 1 is 0.947 bits per heavy atom. The summed E-state index contributed by atoms with van der Waals surface area (Å²) in [5.74, 6) is 0. The summed E-state index contributed by atoms with van der Waals surface area (Å²) in [4.78, 5) is 1.29. The molecule has 2 unspecified atom stereocenters. The summed E-state index contributed by atoms with van der Waals surface area (Å²) in [6.45, 7) is 6.37. The summed E-state index contributed by atoms with van der Waals surface area (Å²) < 4.78 is 0. The van der Waals surface area contributed by atoms with E-state index in [4.69, 9.17) is 5.73 Å². The molecule has 19 heavy (non-hydrogen) atoms. The Kier molecular flexibility index (Phi) is 4.67. The van der Waals surface area contributed by atoms with E-state index in [1.807, 2.05) is 17.8 Å². The fourth-order valence-corrected chi connectivity index (χ4v) is 3.25. The maximum Gasteiger partial charge on any atom is 0.0492 e. The normalized spacial score (nSPS) is 14.1. The fraction of sp³-hybridized carbons (Fsp3) is 0.294. The lowest BCUT2D eigenvalue weighted by molar-refractivity contribution is 0.721. The molecule has 0 fully saturated rings. The molecule has 0 aliphatic carbocycles. The number of nitrogens with two attached hydrogens (primary N) is 1. The molecule has 0 heterocycles. The van der Waals surface area contributed by atoms with Crippen molar-refractivity contribution in [1.82, 2.24) is 0 Å². The van der Waals surface area contributed by atoms with Crippen LogP contribution in [0.1, 0.15) is 28.9 Å². The standard InChI is InChI=1S/C17H21NS/c1-12-9-10-16(11-13(12)2)19-17(14(3)18)15-7-5-4-6-8-15/h4-11,14,17H,18H2,1-3H3.